The van der Waals surface area contributed by atoms with Crippen LogP contribution in [0.1, 0.15) is 51.3 Å². The van der Waals surface area contributed by atoms with Gasteiger partial charge in [-0.3, -0.25) is 4.79 Å². The molecule has 170 valence electrons. The fourth-order valence-electron chi connectivity index (χ4n) is 3.89. The van der Waals surface area contributed by atoms with Crippen LogP contribution in [0.2, 0.25) is 0 Å². The third kappa shape index (κ3) is 5.76. The van der Waals surface area contributed by atoms with Crippen molar-refractivity contribution >= 4 is 17.3 Å². The summed E-state index contributed by atoms with van der Waals surface area (Å²) < 4.78 is 20.7. The monoisotopic (exact) mass is 429 g/mol. The SMILES string of the molecule is CCCCOc1ccc(C(=O)N(CCC)c2ccc(N3CCC(NC)C3)c(F)c2)cc1.[HH]. The van der Waals surface area contributed by atoms with Gasteiger partial charge in [0.15, 0.2) is 0 Å². The summed E-state index contributed by atoms with van der Waals surface area (Å²) in [5, 5.41) is 3.25. The Balaban J connectivity index is 0.00000363. The smallest absolute Gasteiger partial charge is 0.258 e. The molecule has 1 fully saturated rings. The van der Waals surface area contributed by atoms with Crippen molar-refractivity contribution in [2.45, 2.75) is 45.6 Å². The molecule has 0 radical (unpaired) electrons. The summed E-state index contributed by atoms with van der Waals surface area (Å²) >= 11 is 0. The third-order valence-corrected chi connectivity index (χ3v) is 5.74. The molecule has 1 saturated heterocycles. The maximum Gasteiger partial charge on any atom is 0.258 e. The number of hydrogen-bond acceptors (Lipinski definition) is 4. The molecule has 2 aromatic rings. The van der Waals surface area contributed by atoms with E-state index >= 15 is 0 Å². The number of likely N-dealkylation sites (N-methyl/N-ethyl adjacent to an activating group) is 1. The number of benzene rings is 2. The number of rotatable bonds is 10. The molecule has 0 aliphatic carbocycles. The Labute approximate surface area is 186 Å². The Hall–Kier alpha value is -2.60. The minimum Gasteiger partial charge on any atom is -0.494 e. The highest BCUT2D eigenvalue weighted by molar-refractivity contribution is 6.06. The van der Waals surface area contributed by atoms with Gasteiger partial charge in [-0.2, -0.15) is 0 Å². The van der Waals surface area contributed by atoms with Crippen molar-refractivity contribution in [2.24, 2.45) is 0 Å². The average Bonchev–Trinajstić information content (AvgIpc) is 3.26. The highest BCUT2D eigenvalue weighted by Gasteiger charge is 2.24. The quantitative estimate of drug-likeness (QED) is 0.534. The number of amides is 1. The van der Waals surface area contributed by atoms with E-state index in [4.69, 9.17) is 4.74 Å². The molecule has 3 rings (SSSR count). The number of anilines is 2. The number of nitrogens with zero attached hydrogens (tertiary/aromatic N) is 2. The fourth-order valence-corrected chi connectivity index (χ4v) is 3.89. The lowest BCUT2D eigenvalue weighted by atomic mass is 10.1. The van der Waals surface area contributed by atoms with Crippen LogP contribution >= 0.6 is 0 Å². The molecular formula is C25H36FN3O2. The zero-order chi connectivity index (χ0) is 22.2. The van der Waals surface area contributed by atoms with Crippen molar-refractivity contribution in [1.82, 2.24) is 5.32 Å². The summed E-state index contributed by atoms with van der Waals surface area (Å²) in [6, 6.07) is 12.7. The van der Waals surface area contributed by atoms with Crippen LogP contribution in [0.4, 0.5) is 15.8 Å². The van der Waals surface area contributed by atoms with Crippen LogP contribution in [-0.2, 0) is 0 Å². The topological polar surface area (TPSA) is 44.8 Å². The van der Waals surface area contributed by atoms with Crippen LogP contribution in [-0.4, -0.2) is 45.2 Å². The van der Waals surface area contributed by atoms with Crippen molar-refractivity contribution in [3.05, 3.63) is 53.8 Å². The molecule has 2 aromatic carbocycles. The van der Waals surface area contributed by atoms with Gasteiger partial charge in [0.25, 0.3) is 5.91 Å². The number of nitrogens with one attached hydrogen (secondary N) is 1. The summed E-state index contributed by atoms with van der Waals surface area (Å²) in [4.78, 5) is 16.9. The summed E-state index contributed by atoms with van der Waals surface area (Å²) in [6.07, 6.45) is 3.85. The molecule has 31 heavy (non-hydrogen) atoms. The van der Waals surface area contributed by atoms with E-state index in [-0.39, 0.29) is 13.2 Å². The number of unbranched alkanes of at least 4 members (excludes halogenated alkanes) is 1. The number of hydrogen-bond donors (Lipinski definition) is 1. The number of carbonyl (C=O) groups excluding carboxylic acids is 1. The Morgan fingerprint density at radius 1 is 1.23 bits per heavy atom. The zero-order valence-electron chi connectivity index (χ0n) is 18.9. The minimum absolute atomic E-state index is 0. The first-order valence-electron chi connectivity index (χ1n) is 11.3. The van der Waals surface area contributed by atoms with Crippen molar-refractivity contribution < 1.29 is 15.3 Å². The van der Waals surface area contributed by atoms with E-state index < -0.39 is 0 Å². The van der Waals surface area contributed by atoms with Crippen LogP contribution in [0.25, 0.3) is 0 Å². The van der Waals surface area contributed by atoms with E-state index in [2.05, 4.69) is 17.1 Å². The van der Waals surface area contributed by atoms with Crippen molar-refractivity contribution in [2.75, 3.05) is 43.1 Å². The molecule has 0 saturated carbocycles. The number of ether oxygens (including phenoxy) is 1. The molecule has 1 N–H and O–H groups in total. The van der Waals surface area contributed by atoms with Gasteiger partial charge in [-0.25, -0.2) is 4.39 Å². The van der Waals surface area contributed by atoms with E-state index in [9.17, 15) is 9.18 Å². The van der Waals surface area contributed by atoms with E-state index in [1.807, 2.05) is 32.2 Å². The van der Waals surface area contributed by atoms with Crippen LogP contribution < -0.4 is 19.9 Å². The molecule has 6 heteroatoms. The van der Waals surface area contributed by atoms with Crippen molar-refractivity contribution in [3.63, 3.8) is 0 Å². The average molecular weight is 430 g/mol. The van der Waals surface area contributed by atoms with Crippen LogP contribution in [0, 0.1) is 5.82 Å². The van der Waals surface area contributed by atoms with Gasteiger partial charge >= 0.3 is 0 Å². The maximum atomic E-state index is 15.0. The standard InChI is InChI=1S/C25H34FN3O2.H2/c1-4-6-16-31-22-10-7-19(8-11-22)25(30)29(14-5-2)21-9-12-24(23(26)17-21)28-15-13-20(18-28)27-3;/h7-12,17,20,27H,4-6,13-16,18H2,1-3H3;1H. The molecule has 0 spiro atoms. The molecule has 1 amide bonds. The molecule has 1 atom stereocenters. The zero-order valence-corrected chi connectivity index (χ0v) is 18.9. The predicted molar refractivity (Wildman–Crippen MR) is 127 cm³/mol. The van der Waals surface area contributed by atoms with Crippen molar-refractivity contribution in [3.8, 4) is 5.75 Å². The largest absolute Gasteiger partial charge is 0.494 e. The van der Waals surface area contributed by atoms with Crippen molar-refractivity contribution in [1.29, 1.82) is 0 Å². The van der Waals surface area contributed by atoms with E-state index in [0.29, 0.717) is 36.1 Å². The first-order valence-corrected chi connectivity index (χ1v) is 11.3. The third-order valence-electron chi connectivity index (χ3n) is 5.74. The Morgan fingerprint density at radius 3 is 2.61 bits per heavy atom. The first-order chi connectivity index (χ1) is 15.1. The van der Waals surface area contributed by atoms with Crippen LogP contribution in [0.15, 0.2) is 42.5 Å². The Kier molecular flexibility index (Phi) is 8.29. The van der Waals surface area contributed by atoms with Gasteiger partial charge in [0, 0.05) is 38.4 Å². The molecule has 1 aliphatic rings. The van der Waals surface area contributed by atoms with Gasteiger partial charge in [0.05, 0.1) is 12.3 Å². The second-order valence-corrected chi connectivity index (χ2v) is 8.04. The Morgan fingerprint density at radius 2 is 2.00 bits per heavy atom. The maximum absolute atomic E-state index is 15.0. The summed E-state index contributed by atoms with van der Waals surface area (Å²) in [6.45, 7) is 6.94. The van der Waals surface area contributed by atoms with Gasteiger partial charge < -0.3 is 19.9 Å². The first kappa shape index (κ1) is 23.1. The van der Waals surface area contributed by atoms with Gasteiger partial charge in [-0.15, -0.1) is 0 Å². The van der Waals surface area contributed by atoms with Gasteiger partial charge in [0.2, 0.25) is 0 Å². The molecular weight excluding hydrogens is 393 g/mol. The van der Waals surface area contributed by atoms with Gasteiger partial charge in [-0.1, -0.05) is 20.3 Å². The number of halogens is 1. The van der Waals surface area contributed by atoms with Crippen LogP contribution in [0.3, 0.4) is 0 Å². The van der Waals surface area contributed by atoms with Gasteiger partial charge in [-0.05, 0) is 68.8 Å². The second-order valence-electron chi connectivity index (χ2n) is 8.04. The fraction of sp³-hybridized carbons (Fsp3) is 0.480. The molecule has 1 heterocycles. The molecule has 1 unspecified atom stereocenters. The summed E-state index contributed by atoms with van der Waals surface area (Å²) in [5.74, 6) is 0.335. The minimum atomic E-state index is -0.289. The molecule has 0 bridgehead atoms. The highest BCUT2D eigenvalue weighted by atomic mass is 19.1. The lowest BCUT2D eigenvalue weighted by Crippen LogP contribution is -2.32. The predicted octanol–water partition coefficient (Wildman–Crippen LogP) is 5.11. The van der Waals surface area contributed by atoms with E-state index in [0.717, 1.165) is 44.5 Å². The van der Waals surface area contributed by atoms with Crippen LogP contribution in [0.5, 0.6) is 5.75 Å². The molecule has 5 nitrogen and oxygen atoms in total. The lowest BCUT2D eigenvalue weighted by Gasteiger charge is -2.25. The number of carbonyl (C=O) groups is 1. The molecule has 1 aliphatic heterocycles. The highest BCUT2D eigenvalue weighted by Crippen LogP contribution is 2.29. The van der Waals surface area contributed by atoms with Gasteiger partial charge in [0.1, 0.15) is 11.6 Å². The van der Waals surface area contributed by atoms with E-state index in [1.54, 1.807) is 23.1 Å². The lowest BCUT2D eigenvalue weighted by molar-refractivity contribution is 0.0987. The van der Waals surface area contributed by atoms with E-state index in [1.165, 1.54) is 6.07 Å². The second kappa shape index (κ2) is 11.1. The summed E-state index contributed by atoms with van der Waals surface area (Å²) in [5.41, 5.74) is 1.75. The molecule has 0 aromatic heterocycles. The summed E-state index contributed by atoms with van der Waals surface area (Å²) in [7, 11) is 1.94. The normalized spacial score (nSPS) is 15.9. The Bertz CT molecular complexity index is 863.